The highest BCUT2D eigenvalue weighted by Crippen LogP contribution is 2.09. The van der Waals surface area contributed by atoms with Crippen LogP contribution in [-0.4, -0.2) is 54.0 Å². The highest BCUT2D eigenvalue weighted by molar-refractivity contribution is 5.96. The van der Waals surface area contributed by atoms with Gasteiger partial charge in [0, 0.05) is 18.7 Å². The summed E-state index contributed by atoms with van der Waals surface area (Å²) >= 11 is 0. The molecule has 0 bridgehead atoms. The zero-order chi connectivity index (χ0) is 15.0. The Morgan fingerprint density at radius 2 is 2.10 bits per heavy atom. The first-order valence-corrected chi connectivity index (χ1v) is 6.39. The first-order chi connectivity index (χ1) is 9.54. The predicted octanol–water partition coefficient (Wildman–Crippen LogP) is -0.749. The highest BCUT2D eigenvalue weighted by atomic mass is 16.4. The van der Waals surface area contributed by atoms with E-state index in [1.165, 1.54) is 0 Å². The third-order valence-corrected chi connectivity index (χ3v) is 2.78. The Bertz CT molecular complexity index is 443. The van der Waals surface area contributed by atoms with Gasteiger partial charge in [-0.15, -0.1) is 0 Å². The van der Waals surface area contributed by atoms with E-state index in [2.05, 4.69) is 5.32 Å². The molecule has 0 atom stereocenters. The van der Waals surface area contributed by atoms with E-state index in [1.807, 2.05) is 12.2 Å². The van der Waals surface area contributed by atoms with Crippen molar-refractivity contribution in [2.45, 2.75) is 12.8 Å². The summed E-state index contributed by atoms with van der Waals surface area (Å²) in [6, 6.07) is 0. The fraction of sp³-hybridized carbons (Fsp3) is 0.462. The monoisotopic (exact) mass is 281 g/mol. The Kier molecular flexibility index (Phi) is 6.45. The van der Waals surface area contributed by atoms with E-state index in [4.69, 9.17) is 10.8 Å². The van der Waals surface area contributed by atoms with E-state index in [-0.39, 0.29) is 25.5 Å². The molecule has 0 unspecified atom stereocenters. The van der Waals surface area contributed by atoms with Crippen molar-refractivity contribution in [3.8, 4) is 0 Å². The first kappa shape index (κ1) is 15.9. The van der Waals surface area contributed by atoms with Gasteiger partial charge in [-0.1, -0.05) is 18.2 Å². The van der Waals surface area contributed by atoms with Crippen LogP contribution in [0.5, 0.6) is 0 Å². The summed E-state index contributed by atoms with van der Waals surface area (Å²) in [5, 5.41) is 11.3. The topological polar surface area (TPSA) is 113 Å². The summed E-state index contributed by atoms with van der Waals surface area (Å²) in [5.41, 5.74) is 5.80. The van der Waals surface area contributed by atoms with E-state index in [0.717, 1.165) is 17.7 Å². The molecule has 2 amide bonds. The Morgan fingerprint density at radius 3 is 2.65 bits per heavy atom. The van der Waals surface area contributed by atoms with Gasteiger partial charge in [0.05, 0.1) is 6.54 Å². The van der Waals surface area contributed by atoms with Crippen molar-refractivity contribution in [3.63, 3.8) is 0 Å². The molecule has 0 fully saturated rings. The van der Waals surface area contributed by atoms with Crippen LogP contribution in [-0.2, 0) is 14.4 Å². The average molecular weight is 281 g/mol. The van der Waals surface area contributed by atoms with Crippen molar-refractivity contribution >= 4 is 17.8 Å². The standard InChI is InChI=1S/C13H19N3O4/c14-8-11(17)16(9-12(18)19)7-6-15-13(20)10-4-2-1-3-5-10/h2,4-5H,1,3,6-9,14H2,(H,15,20)(H,18,19). The summed E-state index contributed by atoms with van der Waals surface area (Å²) < 4.78 is 0. The van der Waals surface area contributed by atoms with Gasteiger partial charge in [0.2, 0.25) is 5.91 Å². The van der Waals surface area contributed by atoms with Gasteiger partial charge < -0.3 is 21.1 Å². The largest absolute Gasteiger partial charge is 0.480 e. The molecule has 0 radical (unpaired) electrons. The fourth-order valence-corrected chi connectivity index (χ4v) is 1.77. The molecule has 110 valence electrons. The molecule has 20 heavy (non-hydrogen) atoms. The first-order valence-electron chi connectivity index (χ1n) is 6.39. The van der Waals surface area contributed by atoms with Gasteiger partial charge in [-0.05, 0) is 12.8 Å². The molecular weight excluding hydrogens is 262 g/mol. The second-order valence-corrected chi connectivity index (χ2v) is 4.31. The Labute approximate surface area is 117 Å². The van der Waals surface area contributed by atoms with Crippen molar-refractivity contribution in [1.82, 2.24) is 10.2 Å². The number of carbonyl (C=O) groups excluding carboxylic acids is 2. The maximum atomic E-state index is 11.8. The van der Waals surface area contributed by atoms with Crippen LogP contribution >= 0.6 is 0 Å². The van der Waals surface area contributed by atoms with Crippen molar-refractivity contribution in [2.24, 2.45) is 5.73 Å². The summed E-state index contributed by atoms with van der Waals surface area (Å²) in [5.74, 6) is -1.80. The number of allylic oxidation sites excluding steroid dienone is 2. The summed E-state index contributed by atoms with van der Waals surface area (Å²) in [6.45, 7) is -0.377. The minimum atomic E-state index is -1.11. The van der Waals surface area contributed by atoms with Crippen molar-refractivity contribution < 1.29 is 19.5 Å². The van der Waals surface area contributed by atoms with Crippen LogP contribution in [0, 0.1) is 0 Å². The van der Waals surface area contributed by atoms with Crippen molar-refractivity contribution in [3.05, 3.63) is 23.8 Å². The molecule has 0 saturated heterocycles. The third kappa shape index (κ3) is 5.23. The van der Waals surface area contributed by atoms with Gasteiger partial charge in [-0.25, -0.2) is 0 Å². The normalized spacial score (nSPS) is 13.6. The predicted molar refractivity (Wildman–Crippen MR) is 72.7 cm³/mol. The number of carboxylic acids is 1. The third-order valence-electron chi connectivity index (χ3n) is 2.78. The smallest absolute Gasteiger partial charge is 0.323 e. The number of carbonyl (C=O) groups is 3. The summed E-state index contributed by atoms with van der Waals surface area (Å²) in [4.78, 5) is 34.9. The minimum absolute atomic E-state index is 0.116. The van der Waals surface area contributed by atoms with E-state index in [0.29, 0.717) is 5.57 Å². The van der Waals surface area contributed by atoms with Crippen molar-refractivity contribution in [2.75, 3.05) is 26.2 Å². The molecular formula is C13H19N3O4. The number of carboxylic acid groups (broad SMARTS) is 1. The Balaban J connectivity index is 2.41. The molecule has 0 aliphatic heterocycles. The molecule has 0 heterocycles. The lowest BCUT2D eigenvalue weighted by atomic mass is 10.1. The van der Waals surface area contributed by atoms with Gasteiger partial charge in [-0.3, -0.25) is 14.4 Å². The lowest BCUT2D eigenvalue weighted by Gasteiger charge is -2.20. The van der Waals surface area contributed by atoms with Crippen LogP contribution in [0.4, 0.5) is 0 Å². The molecule has 0 aromatic carbocycles. The maximum Gasteiger partial charge on any atom is 0.323 e. The molecule has 4 N–H and O–H groups in total. The molecule has 1 rings (SSSR count). The second-order valence-electron chi connectivity index (χ2n) is 4.31. The summed E-state index contributed by atoms with van der Waals surface area (Å²) in [7, 11) is 0. The number of nitrogens with one attached hydrogen (secondary N) is 1. The fourth-order valence-electron chi connectivity index (χ4n) is 1.77. The van der Waals surface area contributed by atoms with Gasteiger partial charge in [-0.2, -0.15) is 0 Å². The number of rotatable bonds is 7. The van der Waals surface area contributed by atoms with Gasteiger partial charge in [0.1, 0.15) is 6.54 Å². The van der Waals surface area contributed by atoms with Crippen LogP contribution < -0.4 is 11.1 Å². The van der Waals surface area contributed by atoms with Gasteiger partial charge in [0.15, 0.2) is 0 Å². The number of nitrogens with zero attached hydrogens (tertiary/aromatic N) is 1. The molecule has 0 aromatic heterocycles. The van der Waals surface area contributed by atoms with Crippen LogP contribution in [0.25, 0.3) is 0 Å². The van der Waals surface area contributed by atoms with E-state index < -0.39 is 18.4 Å². The molecule has 0 aromatic rings. The minimum Gasteiger partial charge on any atom is -0.480 e. The lowest BCUT2D eigenvalue weighted by Crippen LogP contribution is -2.44. The Morgan fingerprint density at radius 1 is 1.35 bits per heavy atom. The number of amides is 2. The number of hydrogen-bond acceptors (Lipinski definition) is 4. The molecule has 0 saturated carbocycles. The van der Waals surface area contributed by atoms with E-state index in [9.17, 15) is 14.4 Å². The Hall–Kier alpha value is -2.15. The highest BCUT2D eigenvalue weighted by Gasteiger charge is 2.15. The number of nitrogens with two attached hydrogens (primary N) is 1. The molecule has 1 aliphatic carbocycles. The molecule has 0 spiro atoms. The molecule has 1 aliphatic rings. The zero-order valence-corrected chi connectivity index (χ0v) is 11.2. The van der Waals surface area contributed by atoms with Gasteiger partial charge in [0.25, 0.3) is 5.91 Å². The van der Waals surface area contributed by atoms with Crippen molar-refractivity contribution in [1.29, 1.82) is 0 Å². The van der Waals surface area contributed by atoms with Crippen LogP contribution in [0.2, 0.25) is 0 Å². The van der Waals surface area contributed by atoms with Crippen LogP contribution in [0.15, 0.2) is 23.8 Å². The number of hydrogen-bond donors (Lipinski definition) is 3. The second kappa shape index (κ2) is 8.11. The molecule has 7 heteroatoms. The molecule has 7 nitrogen and oxygen atoms in total. The quantitative estimate of drug-likeness (QED) is 0.568. The van der Waals surface area contributed by atoms with Crippen LogP contribution in [0.3, 0.4) is 0 Å². The van der Waals surface area contributed by atoms with Gasteiger partial charge >= 0.3 is 5.97 Å². The maximum absolute atomic E-state index is 11.8. The van der Waals surface area contributed by atoms with Crippen LogP contribution in [0.1, 0.15) is 12.8 Å². The van der Waals surface area contributed by atoms with E-state index in [1.54, 1.807) is 6.08 Å². The van der Waals surface area contributed by atoms with E-state index >= 15 is 0 Å². The lowest BCUT2D eigenvalue weighted by molar-refractivity contribution is -0.143. The summed E-state index contributed by atoms with van der Waals surface area (Å²) in [6.07, 6.45) is 7.27. The SMILES string of the molecule is NCC(=O)N(CCNC(=O)C1=CCCC=C1)CC(=O)O. The number of aliphatic carboxylic acids is 1. The average Bonchev–Trinajstić information content (AvgIpc) is 2.45. The zero-order valence-electron chi connectivity index (χ0n) is 11.2.